The van der Waals surface area contributed by atoms with Crippen LogP contribution in [0.25, 0.3) is 10.9 Å². The van der Waals surface area contributed by atoms with Crippen molar-refractivity contribution in [3.63, 3.8) is 0 Å². The molecule has 4 saturated carbocycles. The largest absolute Gasteiger partial charge is 0.467 e. The van der Waals surface area contributed by atoms with Gasteiger partial charge in [-0.25, -0.2) is 9.59 Å². The second kappa shape index (κ2) is 10.6. The van der Waals surface area contributed by atoms with Crippen molar-refractivity contribution in [2.24, 2.45) is 23.7 Å². The molecule has 1 aromatic heterocycles. The van der Waals surface area contributed by atoms with Crippen LogP contribution in [0.1, 0.15) is 44.6 Å². The quantitative estimate of drug-likeness (QED) is 0.425. The summed E-state index contributed by atoms with van der Waals surface area (Å²) in [6, 6.07) is 7.01. The minimum Gasteiger partial charge on any atom is -0.467 e. The van der Waals surface area contributed by atoms with Gasteiger partial charge in [0, 0.05) is 29.3 Å². The molecule has 4 aliphatic rings. The molecule has 0 unspecified atom stereocenters. The first-order valence-corrected chi connectivity index (χ1v) is 14.6. The van der Waals surface area contributed by atoms with Gasteiger partial charge in [0.15, 0.2) is 0 Å². The molecule has 37 heavy (non-hydrogen) atoms. The van der Waals surface area contributed by atoms with Crippen molar-refractivity contribution < 1.29 is 23.9 Å². The molecule has 1 heterocycles. The summed E-state index contributed by atoms with van der Waals surface area (Å²) in [5.74, 6) is 1.77. The summed E-state index contributed by atoms with van der Waals surface area (Å²) in [7, 11) is 1.30. The zero-order chi connectivity index (χ0) is 26.2. The fourth-order valence-corrected chi connectivity index (χ4v) is 7.63. The summed E-state index contributed by atoms with van der Waals surface area (Å²) in [5, 5.41) is 6.71. The van der Waals surface area contributed by atoms with Crippen LogP contribution in [0, 0.1) is 23.7 Å². The SMILES string of the molecule is COC(=O)[C@H](CSC)NC(=O)[C@@](C)(Cc1c[nH]c2ccccc12)NC(=O)OC1C2CC3CC(C2)CC1C3. The number of esters is 1. The minimum atomic E-state index is -1.35. The highest BCUT2D eigenvalue weighted by Crippen LogP contribution is 2.54. The monoisotopic (exact) mass is 527 g/mol. The lowest BCUT2D eigenvalue weighted by Crippen LogP contribution is -2.62. The molecule has 0 radical (unpaired) electrons. The van der Waals surface area contributed by atoms with E-state index >= 15 is 0 Å². The number of aromatic amines is 1. The number of para-hydroxylation sites is 1. The van der Waals surface area contributed by atoms with Crippen LogP contribution in [0.4, 0.5) is 4.79 Å². The summed E-state index contributed by atoms with van der Waals surface area (Å²) in [5.41, 5.74) is 0.493. The number of aromatic nitrogens is 1. The van der Waals surface area contributed by atoms with E-state index in [1.165, 1.54) is 25.3 Å². The molecule has 6 rings (SSSR count). The molecule has 4 bridgehead atoms. The van der Waals surface area contributed by atoms with Crippen molar-refractivity contribution in [1.29, 1.82) is 0 Å². The molecule has 0 spiro atoms. The Labute approximate surface area is 222 Å². The highest BCUT2D eigenvalue weighted by atomic mass is 32.2. The van der Waals surface area contributed by atoms with E-state index in [0.717, 1.165) is 54.0 Å². The number of alkyl carbamates (subject to hydrolysis) is 1. The number of rotatable bonds is 9. The third-order valence-electron chi connectivity index (χ3n) is 8.61. The van der Waals surface area contributed by atoms with Crippen LogP contribution in [-0.2, 0) is 25.5 Å². The number of nitrogens with one attached hydrogen (secondary N) is 3. The van der Waals surface area contributed by atoms with Crippen LogP contribution < -0.4 is 10.6 Å². The number of ether oxygens (including phenoxy) is 2. The van der Waals surface area contributed by atoms with Crippen molar-refractivity contribution >= 4 is 40.6 Å². The molecule has 2 atom stereocenters. The van der Waals surface area contributed by atoms with Crippen LogP contribution in [0.3, 0.4) is 0 Å². The van der Waals surface area contributed by atoms with Crippen molar-refractivity contribution in [1.82, 2.24) is 15.6 Å². The molecular weight excluding hydrogens is 490 g/mol. The zero-order valence-electron chi connectivity index (χ0n) is 21.8. The first-order chi connectivity index (χ1) is 17.8. The standard InChI is InChI=1S/C28H37N3O5S/c1-28(26(33)30-23(15-37-3)25(32)35-2,13-20-14-29-22-7-5-4-6-21(20)22)31-27(34)36-24-18-9-16-8-17(11-18)12-19(24)10-16/h4-7,14,16-19,23-24,29H,8-13,15H2,1-3H3,(H,30,33)(H,31,34)/t16?,17?,18?,19?,23-,24?,28+/m0/s1. The van der Waals surface area contributed by atoms with Crippen molar-refractivity contribution in [2.75, 3.05) is 19.1 Å². The molecule has 3 N–H and O–H groups in total. The Morgan fingerprint density at radius 1 is 1.11 bits per heavy atom. The van der Waals surface area contributed by atoms with E-state index in [4.69, 9.17) is 9.47 Å². The molecule has 2 aromatic rings. The Balaban J connectivity index is 1.36. The average molecular weight is 528 g/mol. The van der Waals surface area contributed by atoms with Gasteiger partial charge in [-0.2, -0.15) is 11.8 Å². The van der Waals surface area contributed by atoms with Crippen LogP contribution in [0.5, 0.6) is 0 Å². The number of methoxy groups -OCH3 is 1. The van der Waals surface area contributed by atoms with Gasteiger partial charge in [0.05, 0.1) is 7.11 Å². The predicted octanol–water partition coefficient (Wildman–Crippen LogP) is 4.04. The van der Waals surface area contributed by atoms with Gasteiger partial charge in [0.2, 0.25) is 5.91 Å². The zero-order valence-corrected chi connectivity index (χ0v) is 22.6. The molecule has 200 valence electrons. The lowest BCUT2D eigenvalue weighted by Gasteiger charge is -2.53. The van der Waals surface area contributed by atoms with E-state index in [-0.39, 0.29) is 12.5 Å². The van der Waals surface area contributed by atoms with E-state index < -0.39 is 29.6 Å². The number of carbonyl (C=O) groups is 3. The maximum atomic E-state index is 13.7. The van der Waals surface area contributed by atoms with Gasteiger partial charge in [-0.15, -0.1) is 0 Å². The van der Waals surface area contributed by atoms with Gasteiger partial charge in [-0.3, -0.25) is 4.79 Å². The second-order valence-corrected chi connectivity index (χ2v) is 12.2. The third kappa shape index (κ3) is 5.33. The van der Waals surface area contributed by atoms with Crippen LogP contribution in [0.2, 0.25) is 0 Å². The smallest absolute Gasteiger partial charge is 0.408 e. The highest BCUT2D eigenvalue weighted by molar-refractivity contribution is 7.98. The first-order valence-electron chi connectivity index (χ1n) is 13.2. The van der Waals surface area contributed by atoms with Gasteiger partial charge >= 0.3 is 12.1 Å². The Bertz CT molecular complexity index is 1140. The summed E-state index contributed by atoms with van der Waals surface area (Å²) in [6.45, 7) is 1.69. The highest BCUT2D eigenvalue weighted by Gasteiger charge is 2.50. The molecule has 2 amide bonds. The van der Waals surface area contributed by atoms with E-state index in [1.54, 1.807) is 6.92 Å². The maximum absolute atomic E-state index is 13.7. The molecule has 1 aromatic carbocycles. The number of carbonyl (C=O) groups excluding carboxylic acids is 3. The van der Waals surface area contributed by atoms with Gasteiger partial charge < -0.3 is 25.1 Å². The second-order valence-electron chi connectivity index (χ2n) is 11.3. The fourth-order valence-electron chi connectivity index (χ4n) is 7.08. The molecule has 8 nitrogen and oxygen atoms in total. The van der Waals surface area contributed by atoms with Crippen molar-refractivity contribution in [2.45, 2.75) is 63.1 Å². The number of H-pyrrole nitrogens is 1. The number of amides is 2. The number of hydrogen-bond acceptors (Lipinski definition) is 6. The fraction of sp³-hybridized carbons (Fsp3) is 0.607. The van der Waals surface area contributed by atoms with E-state index in [9.17, 15) is 14.4 Å². The number of thioether (sulfide) groups is 1. The maximum Gasteiger partial charge on any atom is 0.408 e. The summed E-state index contributed by atoms with van der Waals surface area (Å²) in [6.07, 6.45) is 9.14. The molecule has 4 fully saturated rings. The van der Waals surface area contributed by atoms with Gasteiger partial charge in [-0.1, -0.05) is 18.2 Å². The van der Waals surface area contributed by atoms with Crippen molar-refractivity contribution in [3.8, 4) is 0 Å². The number of hydrogen-bond donors (Lipinski definition) is 3. The van der Waals surface area contributed by atoms with Gasteiger partial charge in [0.25, 0.3) is 0 Å². The van der Waals surface area contributed by atoms with Crippen LogP contribution >= 0.6 is 11.8 Å². The number of benzene rings is 1. The topological polar surface area (TPSA) is 110 Å². The van der Waals surface area contributed by atoms with E-state index in [0.29, 0.717) is 17.6 Å². The van der Waals surface area contributed by atoms with Crippen LogP contribution in [-0.4, -0.2) is 59.8 Å². The Morgan fingerprint density at radius 3 is 2.43 bits per heavy atom. The lowest BCUT2D eigenvalue weighted by molar-refractivity contribution is -0.145. The average Bonchev–Trinajstić information content (AvgIpc) is 3.27. The van der Waals surface area contributed by atoms with E-state index in [2.05, 4.69) is 15.6 Å². The molecule has 0 aliphatic heterocycles. The van der Waals surface area contributed by atoms with Crippen LogP contribution in [0.15, 0.2) is 30.5 Å². The molecular formula is C28H37N3O5S. The lowest BCUT2D eigenvalue weighted by atomic mass is 9.55. The third-order valence-corrected chi connectivity index (χ3v) is 9.27. The van der Waals surface area contributed by atoms with Gasteiger partial charge in [-0.05, 0) is 80.6 Å². The summed E-state index contributed by atoms with van der Waals surface area (Å²) in [4.78, 5) is 42.6. The molecule has 9 heteroatoms. The van der Waals surface area contributed by atoms with E-state index in [1.807, 2.05) is 36.7 Å². The van der Waals surface area contributed by atoms with Crippen molar-refractivity contribution in [3.05, 3.63) is 36.0 Å². The normalized spacial score (nSPS) is 28.4. The summed E-state index contributed by atoms with van der Waals surface area (Å²) < 4.78 is 11.0. The molecule has 4 aliphatic carbocycles. The Hall–Kier alpha value is -2.68. The predicted molar refractivity (Wildman–Crippen MR) is 143 cm³/mol. The summed E-state index contributed by atoms with van der Waals surface area (Å²) >= 11 is 1.43. The molecule has 0 saturated heterocycles. The Kier molecular flexibility index (Phi) is 7.43. The van der Waals surface area contributed by atoms with Gasteiger partial charge in [0.1, 0.15) is 17.7 Å². The minimum absolute atomic E-state index is 0.0903. The first kappa shape index (κ1) is 25.9. The number of fused-ring (bicyclic) bond motifs is 1. The Morgan fingerprint density at radius 2 is 1.78 bits per heavy atom.